The Hall–Kier alpha value is -1.84. The van der Waals surface area contributed by atoms with Gasteiger partial charge in [0, 0.05) is 11.6 Å². The van der Waals surface area contributed by atoms with Crippen LogP contribution in [0.2, 0.25) is 0 Å². The van der Waals surface area contributed by atoms with Gasteiger partial charge in [-0.2, -0.15) is 0 Å². The number of carbonyl (C=O) groups is 2. The summed E-state index contributed by atoms with van der Waals surface area (Å²) in [4.78, 5) is 20.7. The molecule has 0 spiro atoms. The maximum absolute atomic E-state index is 10.7. The number of rotatable bonds is 2. The zero-order valence-electron chi connectivity index (χ0n) is 6.02. The molecule has 0 aliphatic heterocycles. The molecule has 0 aliphatic rings. The van der Waals surface area contributed by atoms with Crippen LogP contribution in [0.15, 0.2) is 18.2 Å². The van der Waals surface area contributed by atoms with E-state index in [-0.39, 0.29) is 23.3 Å². The molecular formula is C8H6O4. The van der Waals surface area contributed by atoms with Gasteiger partial charge >= 0.3 is 0 Å². The van der Waals surface area contributed by atoms with Gasteiger partial charge in [0.25, 0.3) is 0 Å². The number of hydrogen-bond donors (Lipinski definition) is 2. The van der Waals surface area contributed by atoms with Gasteiger partial charge in [-0.3, -0.25) is 9.59 Å². The van der Waals surface area contributed by atoms with Crippen molar-refractivity contribution in [1.82, 2.24) is 0 Å². The number of hydrogen-bond acceptors (Lipinski definition) is 4. The molecule has 1 aromatic rings. The number of ketones is 1. The number of phenolic OH excluding ortho intramolecular Hbond substituents is 2. The van der Waals surface area contributed by atoms with Crippen LogP contribution >= 0.6 is 0 Å². The number of aldehydes is 1. The molecule has 0 amide bonds. The predicted octanol–water partition coefficient (Wildman–Crippen LogP) is 0.479. The van der Waals surface area contributed by atoms with Crippen LogP contribution in [0.3, 0.4) is 0 Å². The number of Topliss-reactive ketones (excluding diaryl/α,β-unsaturated/α-hetero) is 1. The van der Waals surface area contributed by atoms with Crippen molar-refractivity contribution in [2.24, 2.45) is 0 Å². The summed E-state index contributed by atoms with van der Waals surface area (Å²) >= 11 is 0. The van der Waals surface area contributed by atoms with E-state index in [2.05, 4.69) is 0 Å². The van der Waals surface area contributed by atoms with E-state index in [4.69, 9.17) is 10.2 Å². The second-order valence-corrected chi connectivity index (χ2v) is 2.22. The van der Waals surface area contributed by atoms with Crippen molar-refractivity contribution < 1.29 is 19.8 Å². The molecule has 0 atom stereocenters. The fourth-order valence-corrected chi connectivity index (χ4v) is 0.805. The van der Waals surface area contributed by atoms with E-state index in [0.29, 0.717) is 0 Å². The highest BCUT2D eigenvalue weighted by molar-refractivity contribution is 6.33. The first-order valence-corrected chi connectivity index (χ1v) is 3.16. The molecule has 0 heterocycles. The van der Waals surface area contributed by atoms with Crippen LogP contribution in [0.5, 0.6) is 11.5 Å². The van der Waals surface area contributed by atoms with Gasteiger partial charge in [-0.15, -0.1) is 0 Å². The molecule has 2 N–H and O–H groups in total. The summed E-state index contributed by atoms with van der Waals surface area (Å²) in [7, 11) is 0. The SMILES string of the molecule is O=CC(=O)c1cc(O)cc(O)c1. The van der Waals surface area contributed by atoms with E-state index >= 15 is 0 Å². The Morgan fingerprint density at radius 2 is 1.67 bits per heavy atom. The van der Waals surface area contributed by atoms with E-state index in [9.17, 15) is 9.59 Å². The summed E-state index contributed by atoms with van der Waals surface area (Å²) in [5.41, 5.74) is -0.0255. The summed E-state index contributed by atoms with van der Waals surface area (Å²) < 4.78 is 0. The highest BCUT2D eigenvalue weighted by Crippen LogP contribution is 2.20. The van der Waals surface area contributed by atoms with Crippen LogP contribution in [-0.2, 0) is 4.79 Å². The van der Waals surface area contributed by atoms with Gasteiger partial charge in [0.2, 0.25) is 5.78 Å². The molecule has 1 rings (SSSR count). The largest absolute Gasteiger partial charge is 0.508 e. The number of carbonyl (C=O) groups excluding carboxylic acids is 2. The topological polar surface area (TPSA) is 74.6 Å². The fraction of sp³-hybridized carbons (Fsp3) is 0. The summed E-state index contributed by atoms with van der Waals surface area (Å²) in [5, 5.41) is 17.8. The zero-order valence-corrected chi connectivity index (χ0v) is 6.02. The molecule has 62 valence electrons. The Bertz CT molecular complexity index is 310. The third-order valence-electron chi connectivity index (χ3n) is 1.29. The minimum absolute atomic E-state index is 0.0255. The van der Waals surface area contributed by atoms with Crippen molar-refractivity contribution in [3.05, 3.63) is 23.8 Å². The van der Waals surface area contributed by atoms with Crippen molar-refractivity contribution in [2.75, 3.05) is 0 Å². The molecular weight excluding hydrogens is 160 g/mol. The maximum Gasteiger partial charge on any atom is 0.225 e. The van der Waals surface area contributed by atoms with Gasteiger partial charge in [0.1, 0.15) is 11.5 Å². The van der Waals surface area contributed by atoms with Crippen LogP contribution in [0.4, 0.5) is 0 Å². The molecule has 0 radical (unpaired) electrons. The lowest BCUT2D eigenvalue weighted by atomic mass is 10.1. The minimum atomic E-state index is -0.777. The van der Waals surface area contributed by atoms with Gasteiger partial charge in [0.05, 0.1) is 0 Å². The Kier molecular flexibility index (Phi) is 2.09. The normalized spacial score (nSPS) is 9.33. The Morgan fingerprint density at radius 1 is 1.17 bits per heavy atom. The maximum atomic E-state index is 10.7. The molecule has 0 unspecified atom stereocenters. The van der Waals surface area contributed by atoms with Crippen molar-refractivity contribution in [1.29, 1.82) is 0 Å². The molecule has 0 saturated carbocycles. The van der Waals surface area contributed by atoms with E-state index in [1.807, 2.05) is 0 Å². The lowest BCUT2D eigenvalue weighted by Gasteiger charge is -1.97. The second-order valence-electron chi connectivity index (χ2n) is 2.22. The molecule has 0 saturated heterocycles. The lowest BCUT2D eigenvalue weighted by molar-refractivity contribution is -0.104. The first-order valence-electron chi connectivity index (χ1n) is 3.16. The summed E-state index contributed by atoms with van der Waals surface area (Å²) in [6.45, 7) is 0. The van der Waals surface area contributed by atoms with Gasteiger partial charge < -0.3 is 10.2 Å². The van der Waals surface area contributed by atoms with Crippen LogP contribution in [0.1, 0.15) is 10.4 Å². The summed E-state index contributed by atoms with van der Waals surface area (Å²) in [6.07, 6.45) is 0.119. The first kappa shape index (κ1) is 8.26. The molecule has 4 heteroatoms. The Balaban J connectivity index is 3.17. The van der Waals surface area contributed by atoms with Crippen molar-refractivity contribution in [3.63, 3.8) is 0 Å². The number of benzene rings is 1. The molecule has 12 heavy (non-hydrogen) atoms. The monoisotopic (exact) mass is 166 g/mol. The molecule has 0 bridgehead atoms. The molecule has 1 aromatic carbocycles. The van der Waals surface area contributed by atoms with Crippen molar-refractivity contribution >= 4 is 12.1 Å². The zero-order chi connectivity index (χ0) is 9.14. The minimum Gasteiger partial charge on any atom is -0.508 e. The lowest BCUT2D eigenvalue weighted by Crippen LogP contribution is -1.98. The second kappa shape index (κ2) is 3.04. The summed E-state index contributed by atoms with van der Waals surface area (Å²) in [6, 6.07) is 3.29. The number of aromatic hydroxyl groups is 2. The fourth-order valence-electron chi connectivity index (χ4n) is 0.805. The molecule has 0 aromatic heterocycles. The van der Waals surface area contributed by atoms with Gasteiger partial charge in [0.15, 0.2) is 6.29 Å². The highest BCUT2D eigenvalue weighted by atomic mass is 16.3. The van der Waals surface area contributed by atoms with Crippen molar-refractivity contribution in [3.8, 4) is 11.5 Å². The van der Waals surface area contributed by atoms with Gasteiger partial charge in [-0.05, 0) is 12.1 Å². The van der Waals surface area contributed by atoms with Crippen LogP contribution in [-0.4, -0.2) is 22.3 Å². The average Bonchev–Trinajstić information content (AvgIpc) is 2.01. The molecule has 0 fully saturated rings. The Morgan fingerprint density at radius 3 is 2.08 bits per heavy atom. The summed E-state index contributed by atoms with van der Waals surface area (Å²) in [5.74, 6) is -1.28. The first-order chi connectivity index (χ1) is 5.63. The standard InChI is InChI=1S/C8H6O4/c9-4-8(12)5-1-6(10)3-7(11)2-5/h1-4,10-11H. The smallest absolute Gasteiger partial charge is 0.225 e. The average molecular weight is 166 g/mol. The van der Waals surface area contributed by atoms with E-state index < -0.39 is 5.78 Å². The third kappa shape index (κ3) is 1.60. The van der Waals surface area contributed by atoms with Gasteiger partial charge in [-0.1, -0.05) is 0 Å². The predicted molar refractivity (Wildman–Crippen MR) is 40.2 cm³/mol. The van der Waals surface area contributed by atoms with Crippen molar-refractivity contribution in [2.45, 2.75) is 0 Å². The molecule has 4 nitrogen and oxygen atoms in total. The van der Waals surface area contributed by atoms with Crippen LogP contribution in [0, 0.1) is 0 Å². The van der Waals surface area contributed by atoms with Crippen LogP contribution < -0.4 is 0 Å². The molecule has 0 aliphatic carbocycles. The van der Waals surface area contributed by atoms with E-state index in [0.717, 1.165) is 18.2 Å². The van der Waals surface area contributed by atoms with Gasteiger partial charge in [-0.25, -0.2) is 0 Å². The van der Waals surface area contributed by atoms with E-state index in [1.165, 1.54) is 0 Å². The highest BCUT2D eigenvalue weighted by Gasteiger charge is 2.06. The quantitative estimate of drug-likeness (QED) is 0.380. The Labute approximate surface area is 68.1 Å². The number of phenols is 2. The van der Waals surface area contributed by atoms with Crippen LogP contribution in [0.25, 0.3) is 0 Å². The van der Waals surface area contributed by atoms with E-state index in [1.54, 1.807) is 0 Å². The third-order valence-corrected chi connectivity index (χ3v) is 1.29.